The number of fused-ring (bicyclic) bond motifs is 1. The Hall–Kier alpha value is -2.08. The van der Waals surface area contributed by atoms with E-state index in [4.69, 9.17) is 4.74 Å². The molecule has 0 aliphatic carbocycles. The first kappa shape index (κ1) is 12.0. The summed E-state index contributed by atoms with van der Waals surface area (Å²) in [5.41, 5.74) is 0.896. The second-order valence-corrected chi connectivity index (χ2v) is 4.80. The third-order valence-electron chi connectivity index (χ3n) is 3.56. The van der Waals surface area contributed by atoms with Crippen molar-refractivity contribution >= 4 is 11.8 Å². The van der Waals surface area contributed by atoms with E-state index in [1.54, 1.807) is 18.2 Å². The van der Waals surface area contributed by atoms with Gasteiger partial charge in [0.2, 0.25) is 11.8 Å². The van der Waals surface area contributed by atoms with Gasteiger partial charge in [0.05, 0.1) is 18.5 Å². The number of ether oxygens (including phenoxy) is 1. The molecule has 0 bridgehead atoms. The standard InChI is InChI=1S/C13H14N2O4/c1-15-12(17)5-9(13(15)18)14-10-6-19-11-4-7(16)2-3-8(10)11/h2-4,9-10,14,16H,5-6H2,1H3. The molecule has 2 unspecified atom stereocenters. The highest BCUT2D eigenvalue weighted by Gasteiger charge is 2.38. The van der Waals surface area contributed by atoms with Crippen molar-refractivity contribution in [1.82, 2.24) is 10.2 Å². The van der Waals surface area contributed by atoms with Crippen LogP contribution in [0.2, 0.25) is 0 Å². The van der Waals surface area contributed by atoms with Crippen LogP contribution in [0.3, 0.4) is 0 Å². The molecule has 6 heteroatoms. The first-order chi connectivity index (χ1) is 9.06. The van der Waals surface area contributed by atoms with E-state index in [0.29, 0.717) is 12.4 Å². The number of phenolic OH excluding ortho intramolecular Hbond substituents is 1. The van der Waals surface area contributed by atoms with E-state index in [-0.39, 0.29) is 30.0 Å². The Morgan fingerprint density at radius 2 is 2.16 bits per heavy atom. The van der Waals surface area contributed by atoms with Crippen LogP contribution in [-0.2, 0) is 9.59 Å². The highest BCUT2D eigenvalue weighted by molar-refractivity contribution is 6.05. The van der Waals surface area contributed by atoms with Gasteiger partial charge in [-0.2, -0.15) is 0 Å². The van der Waals surface area contributed by atoms with Gasteiger partial charge in [-0.05, 0) is 12.1 Å². The zero-order valence-corrected chi connectivity index (χ0v) is 10.4. The lowest BCUT2D eigenvalue weighted by Crippen LogP contribution is -2.39. The number of hydrogen-bond acceptors (Lipinski definition) is 5. The molecule has 2 atom stereocenters. The van der Waals surface area contributed by atoms with E-state index in [1.807, 2.05) is 0 Å². The number of benzene rings is 1. The van der Waals surface area contributed by atoms with Gasteiger partial charge < -0.3 is 9.84 Å². The Kier molecular flexibility index (Phi) is 2.67. The summed E-state index contributed by atoms with van der Waals surface area (Å²) in [5, 5.41) is 12.5. The first-order valence-corrected chi connectivity index (χ1v) is 6.08. The molecule has 0 aromatic heterocycles. The van der Waals surface area contributed by atoms with Crippen LogP contribution >= 0.6 is 0 Å². The molecule has 6 nitrogen and oxygen atoms in total. The number of carbonyl (C=O) groups is 2. The monoisotopic (exact) mass is 262 g/mol. The summed E-state index contributed by atoms with van der Waals surface area (Å²) in [4.78, 5) is 24.4. The van der Waals surface area contributed by atoms with Crippen molar-refractivity contribution in [2.45, 2.75) is 18.5 Å². The molecule has 3 rings (SSSR count). The number of carbonyl (C=O) groups excluding carboxylic acids is 2. The minimum Gasteiger partial charge on any atom is -0.508 e. The second kappa shape index (κ2) is 4.24. The average molecular weight is 262 g/mol. The van der Waals surface area contributed by atoms with E-state index in [2.05, 4.69) is 5.32 Å². The molecule has 2 heterocycles. The molecule has 1 aromatic rings. The summed E-state index contributed by atoms with van der Waals surface area (Å²) in [5.74, 6) is 0.374. The fourth-order valence-electron chi connectivity index (χ4n) is 2.47. The molecule has 2 amide bonds. The quantitative estimate of drug-likeness (QED) is 0.743. The Bertz CT molecular complexity index is 558. The number of aromatic hydroxyl groups is 1. The van der Waals surface area contributed by atoms with Crippen molar-refractivity contribution < 1.29 is 19.4 Å². The minimum absolute atomic E-state index is 0.135. The average Bonchev–Trinajstić information content (AvgIpc) is 2.87. The van der Waals surface area contributed by atoms with Gasteiger partial charge in [-0.15, -0.1) is 0 Å². The largest absolute Gasteiger partial charge is 0.508 e. The fraction of sp³-hybridized carbons (Fsp3) is 0.385. The van der Waals surface area contributed by atoms with Crippen LogP contribution in [-0.4, -0.2) is 41.5 Å². The topological polar surface area (TPSA) is 78.9 Å². The van der Waals surface area contributed by atoms with Gasteiger partial charge in [0, 0.05) is 18.7 Å². The van der Waals surface area contributed by atoms with Crippen LogP contribution in [0.4, 0.5) is 0 Å². The number of hydrogen-bond donors (Lipinski definition) is 2. The van der Waals surface area contributed by atoms with Crippen LogP contribution < -0.4 is 10.1 Å². The van der Waals surface area contributed by atoms with E-state index < -0.39 is 6.04 Å². The van der Waals surface area contributed by atoms with Crippen molar-refractivity contribution in [3.8, 4) is 11.5 Å². The maximum atomic E-state index is 11.8. The molecule has 0 spiro atoms. The molecule has 100 valence electrons. The van der Waals surface area contributed by atoms with Crippen molar-refractivity contribution in [2.75, 3.05) is 13.7 Å². The molecule has 2 aliphatic heterocycles. The summed E-state index contributed by atoms with van der Waals surface area (Å²) >= 11 is 0. The molecule has 2 aliphatic rings. The Balaban J connectivity index is 1.77. The highest BCUT2D eigenvalue weighted by atomic mass is 16.5. The number of likely N-dealkylation sites (N-methyl/N-ethyl adjacent to an activating group) is 1. The van der Waals surface area contributed by atoms with Crippen LogP contribution in [0.5, 0.6) is 11.5 Å². The van der Waals surface area contributed by atoms with Gasteiger partial charge in [-0.3, -0.25) is 19.8 Å². The van der Waals surface area contributed by atoms with E-state index in [0.717, 1.165) is 10.5 Å². The maximum Gasteiger partial charge on any atom is 0.246 e. The van der Waals surface area contributed by atoms with Crippen molar-refractivity contribution in [1.29, 1.82) is 0 Å². The lowest BCUT2D eigenvalue weighted by atomic mass is 10.1. The molecule has 1 aromatic carbocycles. The van der Waals surface area contributed by atoms with E-state index in [9.17, 15) is 14.7 Å². The SMILES string of the molecule is CN1C(=O)CC(NC2COc3cc(O)ccc32)C1=O. The zero-order chi connectivity index (χ0) is 13.6. The van der Waals surface area contributed by atoms with Crippen molar-refractivity contribution in [2.24, 2.45) is 0 Å². The number of nitrogens with one attached hydrogen (secondary N) is 1. The van der Waals surface area contributed by atoms with Crippen LogP contribution in [0.1, 0.15) is 18.0 Å². The lowest BCUT2D eigenvalue weighted by molar-refractivity contribution is -0.137. The van der Waals surface area contributed by atoms with Crippen molar-refractivity contribution in [3.63, 3.8) is 0 Å². The van der Waals surface area contributed by atoms with Gasteiger partial charge in [0.15, 0.2) is 0 Å². The summed E-state index contributed by atoms with van der Waals surface area (Å²) in [6, 6.07) is 4.26. The molecule has 0 saturated carbocycles. The fourth-order valence-corrected chi connectivity index (χ4v) is 2.47. The predicted octanol–water partition coefficient (Wildman–Crippen LogP) is 0.173. The predicted molar refractivity (Wildman–Crippen MR) is 65.7 cm³/mol. The van der Waals surface area contributed by atoms with E-state index >= 15 is 0 Å². The number of likely N-dealkylation sites (tertiary alicyclic amines) is 1. The minimum atomic E-state index is -0.495. The first-order valence-electron chi connectivity index (χ1n) is 6.08. The smallest absolute Gasteiger partial charge is 0.246 e. The third-order valence-corrected chi connectivity index (χ3v) is 3.56. The Labute approximate surface area is 110 Å². The van der Waals surface area contributed by atoms with Gasteiger partial charge in [0.1, 0.15) is 18.1 Å². The van der Waals surface area contributed by atoms with Crippen LogP contribution in [0.15, 0.2) is 18.2 Å². The second-order valence-electron chi connectivity index (χ2n) is 4.80. The van der Waals surface area contributed by atoms with Crippen LogP contribution in [0, 0.1) is 0 Å². The molecule has 1 saturated heterocycles. The van der Waals surface area contributed by atoms with Gasteiger partial charge in [-0.25, -0.2) is 0 Å². The van der Waals surface area contributed by atoms with Crippen molar-refractivity contribution in [3.05, 3.63) is 23.8 Å². The number of nitrogens with zero attached hydrogens (tertiary/aromatic N) is 1. The molecule has 0 radical (unpaired) electrons. The number of imide groups is 1. The number of rotatable bonds is 2. The molecular formula is C13H14N2O4. The third kappa shape index (κ3) is 1.94. The molecule has 2 N–H and O–H groups in total. The lowest BCUT2D eigenvalue weighted by Gasteiger charge is -2.16. The van der Waals surface area contributed by atoms with Crippen LogP contribution in [0.25, 0.3) is 0 Å². The zero-order valence-electron chi connectivity index (χ0n) is 10.4. The van der Waals surface area contributed by atoms with Gasteiger partial charge in [-0.1, -0.05) is 0 Å². The molecular weight excluding hydrogens is 248 g/mol. The highest BCUT2D eigenvalue weighted by Crippen LogP contribution is 2.35. The Morgan fingerprint density at radius 1 is 1.37 bits per heavy atom. The summed E-state index contributed by atoms with van der Waals surface area (Å²) < 4.78 is 5.46. The van der Waals surface area contributed by atoms with E-state index in [1.165, 1.54) is 7.05 Å². The molecule has 19 heavy (non-hydrogen) atoms. The normalized spacial score (nSPS) is 25.6. The van der Waals surface area contributed by atoms with Gasteiger partial charge >= 0.3 is 0 Å². The number of amides is 2. The summed E-state index contributed by atoms with van der Waals surface area (Å²) in [7, 11) is 1.49. The number of phenols is 1. The molecule has 1 fully saturated rings. The summed E-state index contributed by atoms with van der Waals surface area (Å²) in [6.07, 6.45) is 0.180. The maximum absolute atomic E-state index is 11.8. The summed E-state index contributed by atoms with van der Waals surface area (Å²) in [6.45, 7) is 0.389. The Morgan fingerprint density at radius 3 is 2.84 bits per heavy atom. The van der Waals surface area contributed by atoms with Gasteiger partial charge in [0.25, 0.3) is 0 Å².